The molecule has 88 valence electrons. The number of halogens is 1. The molecule has 0 aromatic carbocycles. The number of alkyl halides is 1. The van der Waals surface area contributed by atoms with Crippen LogP contribution in [0.25, 0.3) is 0 Å². The Labute approximate surface area is 97.7 Å². The van der Waals surface area contributed by atoms with Crippen molar-refractivity contribution in [2.75, 3.05) is 12.4 Å². The predicted molar refractivity (Wildman–Crippen MR) is 63.5 cm³/mol. The summed E-state index contributed by atoms with van der Waals surface area (Å²) in [6.07, 6.45) is 8.21. The van der Waals surface area contributed by atoms with E-state index in [1.807, 2.05) is 0 Å². The largest absolute Gasteiger partial charge is 0.370 e. The molecule has 2 rings (SSSR count). The van der Waals surface area contributed by atoms with Gasteiger partial charge in [0.15, 0.2) is 0 Å². The van der Waals surface area contributed by atoms with Gasteiger partial charge in [0.1, 0.15) is 0 Å². The van der Waals surface area contributed by atoms with Crippen molar-refractivity contribution < 1.29 is 4.74 Å². The number of rotatable bonds is 4. The Kier molecular flexibility index (Phi) is 3.92. The van der Waals surface area contributed by atoms with Crippen molar-refractivity contribution in [3.8, 4) is 0 Å². The average molecular weight is 232 g/mol. The smallest absolute Gasteiger partial charge is 0.0708 e. The van der Waals surface area contributed by atoms with Crippen molar-refractivity contribution in [1.29, 1.82) is 0 Å². The molecule has 2 aliphatic rings. The summed E-state index contributed by atoms with van der Waals surface area (Å²) in [5.74, 6) is 0.678. The molecule has 1 spiro atoms. The van der Waals surface area contributed by atoms with E-state index < -0.39 is 0 Å². The molecule has 0 radical (unpaired) electrons. The fourth-order valence-electron chi connectivity index (χ4n) is 2.81. The van der Waals surface area contributed by atoms with Gasteiger partial charge in [-0.2, -0.15) is 0 Å². The Balaban J connectivity index is 1.73. The van der Waals surface area contributed by atoms with Gasteiger partial charge in [-0.15, -0.1) is 11.6 Å². The third-order valence-electron chi connectivity index (χ3n) is 3.78. The standard InChI is InChI=1S/C12H22ClNO/c1-10(8-13)14-9-11-4-7-12(15-11)5-2-3-6-12/h10-11,14H,2-9H2,1H3. The van der Waals surface area contributed by atoms with Crippen LogP contribution in [-0.4, -0.2) is 30.2 Å². The Bertz CT molecular complexity index is 204. The van der Waals surface area contributed by atoms with E-state index in [-0.39, 0.29) is 5.60 Å². The molecule has 1 aliphatic carbocycles. The monoisotopic (exact) mass is 231 g/mol. The van der Waals surface area contributed by atoms with Gasteiger partial charge in [0.25, 0.3) is 0 Å². The minimum absolute atomic E-state index is 0.274. The van der Waals surface area contributed by atoms with Crippen molar-refractivity contribution in [3.63, 3.8) is 0 Å². The summed E-state index contributed by atoms with van der Waals surface area (Å²) in [4.78, 5) is 0. The van der Waals surface area contributed by atoms with E-state index in [1.165, 1.54) is 38.5 Å². The highest BCUT2D eigenvalue weighted by Crippen LogP contribution is 2.43. The first-order valence-electron chi connectivity index (χ1n) is 6.21. The van der Waals surface area contributed by atoms with E-state index in [9.17, 15) is 0 Å². The van der Waals surface area contributed by atoms with Gasteiger partial charge in [-0.3, -0.25) is 0 Å². The quantitative estimate of drug-likeness (QED) is 0.752. The first-order valence-corrected chi connectivity index (χ1v) is 6.75. The molecule has 1 saturated heterocycles. The first kappa shape index (κ1) is 11.7. The second-order valence-electron chi connectivity index (χ2n) is 5.13. The summed E-state index contributed by atoms with van der Waals surface area (Å²) in [6, 6.07) is 0.399. The highest BCUT2D eigenvalue weighted by atomic mass is 35.5. The van der Waals surface area contributed by atoms with Crippen LogP contribution in [0.15, 0.2) is 0 Å². The van der Waals surface area contributed by atoms with Crippen LogP contribution >= 0.6 is 11.6 Å². The summed E-state index contributed by atoms with van der Waals surface area (Å²) < 4.78 is 6.20. The van der Waals surface area contributed by atoms with E-state index in [1.54, 1.807) is 0 Å². The minimum Gasteiger partial charge on any atom is -0.370 e. The summed E-state index contributed by atoms with van der Waals surface area (Å²) in [5, 5.41) is 3.42. The second kappa shape index (κ2) is 5.03. The zero-order chi connectivity index (χ0) is 10.7. The van der Waals surface area contributed by atoms with Crippen molar-refractivity contribution in [3.05, 3.63) is 0 Å². The molecule has 2 fully saturated rings. The van der Waals surface area contributed by atoms with Gasteiger partial charge in [0.2, 0.25) is 0 Å². The SMILES string of the molecule is CC(CCl)NCC1CCC2(CCCC2)O1. The Morgan fingerprint density at radius 3 is 2.80 bits per heavy atom. The molecule has 1 heterocycles. The molecule has 2 nitrogen and oxygen atoms in total. The molecule has 3 heteroatoms. The normalized spacial score (nSPS) is 31.2. The lowest BCUT2D eigenvalue weighted by Gasteiger charge is -2.24. The molecular formula is C12H22ClNO. The zero-order valence-corrected chi connectivity index (χ0v) is 10.4. The van der Waals surface area contributed by atoms with Crippen molar-refractivity contribution >= 4 is 11.6 Å². The third kappa shape index (κ3) is 2.86. The van der Waals surface area contributed by atoms with Crippen molar-refractivity contribution in [2.45, 2.75) is 63.2 Å². The lowest BCUT2D eigenvalue weighted by atomic mass is 9.98. The maximum atomic E-state index is 6.20. The van der Waals surface area contributed by atoms with Crippen LogP contribution in [-0.2, 0) is 4.74 Å². The lowest BCUT2D eigenvalue weighted by molar-refractivity contribution is -0.0355. The third-order valence-corrected chi connectivity index (χ3v) is 4.24. The van der Waals surface area contributed by atoms with Crippen LogP contribution in [0.5, 0.6) is 0 Å². The lowest BCUT2D eigenvalue weighted by Crippen LogP contribution is -2.36. The maximum absolute atomic E-state index is 6.20. The van der Waals surface area contributed by atoms with Crippen LogP contribution in [0.3, 0.4) is 0 Å². The van der Waals surface area contributed by atoms with Crippen LogP contribution in [0.2, 0.25) is 0 Å². The molecule has 2 unspecified atom stereocenters. The van der Waals surface area contributed by atoms with Gasteiger partial charge in [-0.25, -0.2) is 0 Å². The van der Waals surface area contributed by atoms with Gasteiger partial charge >= 0.3 is 0 Å². The summed E-state index contributed by atoms with van der Waals surface area (Å²) in [6.45, 7) is 3.09. The fraction of sp³-hybridized carbons (Fsp3) is 1.00. The van der Waals surface area contributed by atoms with Gasteiger partial charge in [-0.1, -0.05) is 12.8 Å². The molecule has 2 atom stereocenters. The van der Waals surface area contributed by atoms with E-state index in [4.69, 9.17) is 16.3 Å². The van der Waals surface area contributed by atoms with Crippen molar-refractivity contribution in [2.24, 2.45) is 0 Å². The Morgan fingerprint density at radius 1 is 1.40 bits per heavy atom. The topological polar surface area (TPSA) is 21.3 Å². The maximum Gasteiger partial charge on any atom is 0.0708 e. The second-order valence-corrected chi connectivity index (χ2v) is 5.44. The van der Waals surface area contributed by atoms with Gasteiger partial charge in [0.05, 0.1) is 11.7 Å². The van der Waals surface area contributed by atoms with Gasteiger partial charge in [-0.05, 0) is 32.6 Å². The Hall–Kier alpha value is 0.210. The molecule has 1 saturated carbocycles. The highest BCUT2D eigenvalue weighted by Gasteiger charge is 2.41. The summed E-state index contributed by atoms with van der Waals surface area (Å²) >= 11 is 5.75. The van der Waals surface area contributed by atoms with Gasteiger partial charge < -0.3 is 10.1 Å². The fourth-order valence-corrected chi connectivity index (χ4v) is 2.92. The molecule has 15 heavy (non-hydrogen) atoms. The van der Waals surface area contributed by atoms with Crippen LogP contribution < -0.4 is 5.32 Å². The zero-order valence-electron chi connectivity index (χ0n) is 9.60. The van der Waals surface area contributed by atoms with E-state index in [0.29, 0.717) is 18.0 Å². The van der Waals surface area contributed by atoms with Gasteiger partial charge in [0, 0.05) is 18.5 Å². The molecule has 1 N–H and O–H groups in total. The number of ether oxygens (including phenoxy) is 1. The van der Waals surface area contributed by atoms with Crippen molar-refractivity contribution in [1.82, 2.24) is 5.32 Å². The summed E-state index contributed by atoms with van der Waals surface area (Å²) in [5.41, 5.74) is 0.274. The van der Waals surface area contributed by atoms with E-state index in [2.05, 4.69) is 12.2 Å². The van der Waals surface area contributed by atoms with Crippen LogP contribution in [0, 0.1) is 0 Å². The Morgan fingerprint density at radius 2 is 2.13 bits per heavy atom. The van der Waals surface area contributed by atoms with E-state index >= 15 is 0 Å². The molecule has 0 aromatic rings. The molecule has 0 aromatic heterocycles. The minimum atomic E-state index is 0.274. The number of hydrogen-bond donors (Lipinski definition) is 1. The van der Waals surface area contributed by atoms with Crippen LogP contribution in [0.1, 0.15) is 45.4 Å². The molecular weight excluding hydrogens is 210 g/mol. The number of hydrogen-bond acceptors (Lipinski definition) is 2. The average Bonchev–Trinajstić information content (AvgIpc) is 2.86. The number of nitrogens with one attached hydrogen (secondary N) is 1. The molecule has 1 aliphatic heterocycles. The van der Waals surface area contributed by atoms with E-state index in [0.717, 1.165) is 6.54 Å². The highest BCUT2D eigenvalue weighted by molar-refractivity contribution is 6.18. The predicted octanol–water partition coefficient (Wildman–Crippen LogP) is 2.70. The molecule has 0 bridgehead atoms. The molecule has 0 amide bonds. The summed E-state index contributed by atoms with van der Waals surface area (Å²) in [7, 11) is 0. The van der Waals surface area contributed by atoms with Crippen LogP contribution in [0.4, 0.5) is 0 Å². The first-order chi connectivity index (χ1) is 7.24.